The summed E-state index contributed by atoms with van der Waals surface area (Å²) in [5.41, 5.74) is 0. The number of amides is 1. The lowest BCUT2D eigenvalue weighted by atomic mass is 10.0. The Labute approximate surface area is 341 Å². The van der Waals surface area contributed by atoms with Crippen LogP contribution < -0.4 is 5.32 Å². The minimum Gasteiger partial charge on any atom is -0.394 e. The predicted molar refractivity (Wildman–Crippen MR) is 243 cm³/mol. The van der Waals surface area contributed by atoms with E-state index in [1.54, 1.807) is 6.08 Å². The molecule has 0 radical (unpaired) electrons. The minimum absolute atomic E-state index is 0.0727. The summed E-state index contributed by atoms with van der Waals surface area (Å²) < 4.78 is 0. The molecule has 0 aromatic carbocycles. The Balaban J connectivity index is 3.60. The SMILES string of the molecule is CC/C=C\C/C=C\C/C=C\C/C=C\C/C=C\C/C=C\CCCCCCCCCCCCC(=O)NC(CO)C(O)/C=C/CCCCCCCCCCCCCC. The second-order valence-electron chi connectivity index (χ2n) is 15.4. The fourth-order valence-electron chi connectivity index (χ4n) is 6.59. The summed E-state index contributed by atoms with van der Waals surface area (Å²) in [6.45, 7) is 4.18. The first-order valence-corrected chi connectivity index (χ1v) is 23.3. The number of allylic oxidation sites excluding steroid dienone is 13. The molecule has 0 aliphatic rings. The zero-order chi connectivity index (χ0) is 40.0. The van der Waals surface area contributed by atoms with Gasteiger partial charge >= 0.3 is 0 Å². The van der Waals surface area contributed by atoms with Crippen LogP contribution in [0.2, 0.25) is 0 Å². The van der Waals surface area contributed by atoms with Crippen molar-refractivity contribution in [3.8, 4) is 0 Å². The average Bonchev–Trinajstić information content (AvgIpc) is 3.19. The molecule has 3 N–H and O–H groups in total. The molecule has 4 heteroatoms. The first-order valence-electron chi connectivity index (χ1n) is 23.3. The maximum Gasteiger partial charge on any atom is 0.220 e. The highest BCUT2D eigenvalue weighted by molar-refractivity contribution is 5.76. The second-order valence-corrected chi connectivity index (χ2v) is 15.4. The number of nitrogens with one attached hydrogen (secondary N) is 1. The summed E-state index contributed by atoms with van der Waals surface area (Å²) in [6, 6.07) is -0.628. The van der Waals surface area contributed by atoms with Gasteiger partial charge < -0.3 is 15.5 Å². The summed E-state index contributed by atoms with van der Waals surface area (Å²) in [5, 5.41) is 23.0. The molecule has 0 rings (SSSR count). The Morgan fingerprint density at radius 2 is 0.800 bits per heavy atom. The van der Waals surface area contributed by atoms with E-state index in [4.69, 9.17) is 0 Å². The van der Waals surface area contributed by atoms with E-state index in [-0.39, 0.29) is 12.5 Å². The summed E-state index contributed by atoms with van der Waals surface area (Å²) in [5.74, 6) is -0.0727. The zero-order valence-corrected chi connectivity index (χ0v) is 36.2. The van der Waals surface area contributed by atoms with E-state index in [1.165, 1.54) is 128 Å². The number of unbranched alkanes of at least 4 members (excludes halogenated alkanes) is 22. The van der Waals surface area contributed by atoms with E-state index in [9.17, 15) is 15.0 Å². The standard InChI is InChI=1S/C51H89NO3/c1-3-5-7-9-11-13-15-17-19-20-21-22-23-24-25-26-27-28-29-30-31-32-33-35-37-39-41-43-45-47-51(55)52-49(48-53)50(54)46-44-42-40-38-36-34-18-16-14-12-10-8-6-4-2/h5,7,11,13,17,19,21-22,24-25,27-28,44,46,49-50,53-54H,3-4,6,8-10,12,14-16,18,20,23,26,29-43,45,47-48H2,1-2H3,(H,52,55)/b7-5-,13-11-,19-17-,22-21-,25-24-,28-27-,46-44+. The molecule has 0 saturated heterocycles. The maximum absolute atomic E-state index is 12.4. The summed E-state index contributed by atoms with van der Waals surface area (Å²) in [7, 11) is 0. The van der Waals surface area contributed by atoms with Crippen LogP contribution in [-0.2, 0) is 4.79 Å². The highest BCUT2D eigenvalue weighted by atomic mass is 16.3. The van der Waals surface area contributed by atoms with Crippen molar-refractivity contribution >= 4 is 5.91 Å². The molecule has 1 amide bonds. The van der Waals surface area contributed by atoms with Crippen molar-refractivity contribution in [1.82, 2.24) is 5.32 Å². The van der Waals surface area contributed by atoms with E-state index in [0.29, 0.717) is 6.42 Å². The highest BCUT2D eigenvalue weighted by Crippen LogP contribution is 2.14. The quantitative estimate of drug-likeness (QED) is 0.0429. The molecule has 0 saturated carbocycles. The molecule has 0 heterocycles. The van der Waals surface area contributed by atoms with Gasteiger partial charge in [-0.05, 0) is 70.6 Å². The van der Waals surface area contributed by atoms with Crippen LogP contribution in [0.1, 0.15) is 213 Å². The number of carbonyl (C=O) groups excluding carboxylic acids is 1. The molecule has 4 nitrogen and oxygen atoms in total. The predicted octanol–water partition coefficient (Wildman–Crippen LogP) is 14.9. The molecule has 0 aliphatic heterocycles. The van der Waals surface area contributed by atoms with Crippen LogP contribution in [0.5, 0.6) is 0 Å². The van der Waals surface area contributed by atoms with Gasteiger partial charge in [0.15, 0.2) is 0 Å². The first kappa shape index (κ1) is 52.6. The Hall–Kier alpha value is -2.43. The molecule has 0 fully saturated rings. The van der Waals surface area contributed by atoms with Gasteiger partial charge in [-0.3, -0.25) is 4.79 Å². The van der Waals surface area contributed by atoms with Gasteiger partial charge in [0, 0.05) is 6.42 Å². The summed E-state index contributed by atoms with van der Waals surface area (Å²) >= 11 is 0. The van der Waals surface area contributed by atoms with Gasteiger partial charge in [-0.1, -0.05) is 221 Å². The topological polar surface area (TPSA) is 69.6 Å². The summed E-state index contributed by atoms with van der Waals surface area (Å²) in [6.07, 6.45) is 66.9. The third-order valence-electron chi connectivity index (χ3n) is 10.1. The number of hydrogen-bond donors (Lipinski definition) is 3. The van der Waals surface area contributed by atoms with Crippen molar-refractivity contribution in [2.75, 3.05) is 6.61 Å². The van der Waals surface area contributed by atoms with Gasteiger partial charge in [0.05, 0.1) is 18.8 Å². The molecule has 316 valence electrons. The third-order valence-corrected chi connectivity index (χ3v) is 10.1. The molecule has 0 aromatic heterocycles. The van der Waals surface area contributed by atoms with Crippen LogP contribution in [0.4, 0.5) is 0 Å². The maximum atomic E-state index is 12.4. The van der Waals surface area contributed by atoms with E-state index in [0.717, 1.165) is 64.2 Å². The van der Waals surface area contributed by atoms with Gasteiger partial charge in [-0.25, -0.2) is 0 Å². The molecule has 0 aliphatic carbocycles. The van der Waals surface area contributed by atoms with Gasteiger partial charge in [0.2, 0.25) is 5.91 Å². The Kier molecular flexibility index (Phi) is 43.9. The van der Waals surface area contributed by atoms with Crippen LogP contribution >= 0.6 is 0 Å². The van der Waals surface area contributed by atoms with E-state index in [1.807, 2.05) is 6.08 Å². The molecular weight excluding hydrogens is 675 g/mol. The number of carbonyl (C=O) groups is 1. The molecular formula is C51H89NO3. The fourth-order valence-corrected chi connectivity index (χ4v) is 6.59. The zero-order valence-electron chi connectivity index (χ0n) is 36.2. The molecule has 0 aromatic rings. The van der Waals surface area contributed by atoms with Crippen LogP contribution in [0.15, 0.2) is 85.1 Å². The fraction of sp³-hybridized carbons (Fsp3) is 0.706. The molecule has 0 bridgehead atoms. The smallest absolute Gasteiger partial charge is 0.220 e. The van der Waals surface area contributed by atoms with Crippen LogP contribution in [0.3, 0.4) is 0 Å². The molecule has 2 atom stereocenters. The van der Waals surface area contributed by atoms with Crippen molar-refractivity contribution in [1.29, 1.82) is 0 Å². The lowest BCUT2D eigenvalue weighted by molar-refractivity contribution is -0.123. The minimum atomic E-state index is -0.844. The molecule has 0 spiro atoms. The number of aliphatic hydroxyl groups is 2. The van der Waals surface area contributed by atoms with Gasteiger partial charge in [0.1, 0.15) is 0 Å². The van der Waals surface area contributed by atoms with Crippen LogP contribution in [0, 0.1) is 0 Å². The normalized spacial score (nSPS) is 13.7. The molecule has 55 heavy (non-hydrogen) atoms. The number of aliphatic hydroxyl groups excluding tert-OH is 2. The largest absolute Gasteiger partial charge is 0.394 e. The number of hydrogen-bond acceptors (Lipinski definition) is 3. The lowest BCUT2D eigenvalue weighted by Crippen LogP contribution is -2.45. The Bertz CT molecular complexity index is 1000. The van der Waals surface area contributed by atoms with Gasteiger partial charge in [-0.15, -0.1) is 0 Å². The van der Waals surface area contributed by atoms with Crippen molar-refractivity contribution < 1.29 is 15.0 Å². The highest BCUT2D eigenvalue weighted by Gasteiger charge is 2.17. The average molecular weight is 764 g/mol. The van der Waals surface area contributed by atoms with E-state index >= 15 is 0 Å². The Morgan fingerprint density at radius 1 is 0.455 bits per heavy atom. The third kappa shape index (κ3) is 42.6. The van der Waals surface area contributed by atoms with Crippen molar-refractivity contribution in [3.05, 3.63) is 85.1 Å². The van der Waals surface area contributed by atoms with E-state index < -0.39 is 12.1 Å². The van der Waals surface area contributed by atoms with Crippen LogP contribution in [0.25, 0.3) is 0 Å². The second kappa shape index (κ2) is 46.0. The molecule has 2 unspecified atom stereocenters. The van der Waals surface area contributed by atoms with E-state index in [2.05, 4.69) is 92.1 Å². The van der Waals surface area contributed by atoms with Crippen molar-refractivity contribution in [2.45, 2.75) is 225 Å². The van der Waals surface area contributed by atoms with Gasteiger partial charge in [0.25, 0.3) is 0 Å². The lowest BCUT2D eigenvalue weighted by Gasteiger charge is -2.20. The first-order chi connectivity index (χ1) is 27.2. The van der Waals surface area contributed by atoms with Crippen molar-refractivity contribution in [2.24, 2.45) is 0 Å². The summed E-state index contributed by atoms with van der Waals surface area (Å²) in [4.78, 5) is 12.4. The number of rotatable bonds is 41. The van der Waals surface area contributed by atoms with Crippen LogP contribution in [-0.4, -0.2) is 34.9 Å². The van der Waals surface area contributed by atoms with Gasteiger partial charge in [-0.2, -0.15) is 0 Å². The monoisotopic (exact) mass is 764 g/mol. The van der Waals surface area contributed by atoms with Crippen molar-refractivity contribution in [3.63, 3.8) is 0 Å². The Morgan fingerprint density at radius 3 is 1.20 bits per heavy atom.